The van der Waals surface area contributed by atoms with Gasteiger partial charge < -0.3 is 19.9 Å². The van der Waals surface area contributed by atoms with Gasteiger partial charge in [-0.25, -0.2) is 4.39 Å². The van der Waals surface area contributed by atoms with Crippen LogP contribution in [0.5, 0.6) is 0 Å². The number of nitrogens with zero attached hydrogens (tertiary/aromatic N) is 3. The van der Waals surface area contributed by atoms with Crippen LogP contribution in [0.1, 0.15) is 11.1 Å². The minimum absolute atomic E-state index is 0.151. The van der Waals surface area contributed by atoms with Crippen LogP contribution in [0, 0.1) is 11.7 Å². The fraction of sp³-hybridized carbons (Fsp3) is 0.500. The second kappa shape index (κ2) is 10.3. The average molecular weight is 507 g/mol. The van der Waals surface area contributed by atoms with E-state index in [1.165, 1.54) is 24.3 Å². The highest BCUT2D eigenvalue weighted by Gasteiger charge is 2.42. The van der Waals surface area contributed by atoms with E-state index in [0.29, 0.717) is 51.5 Å². The second-order valence-electron chi connectivity index (χ2n) is 9.58. The molecule has 2 atom stereocenters. The van der Waals surface area contributed by atoms with Crippen molar-refractivity contribution in [2.75, 3.05) is 68.8 Å². The topological polar surface area (TPSA) is 48.1 Å². The van der Waals surface area contributed by atoms with E-state index >= 15 is 0 Å². The summed E-state index contributed by atoms with van der Waals surface area (Å²) in [6.45, 7) is 5.84. The first-order chi connectivity index (χ1) is 17.3. The highest BCUT2D eigenvalue weighted by molar-refractivity contribution is 5.82. The largest absolute Gasteiger partial charge is 0.416 e. The predicted octanol–water partition coefficient (Wildman–Crippen LogP) is 3.16. The van der Waals surface area contributed by atoms with Gasteiger partial charge in [-0.15, -0.1) is 0 Å². The molecule has 2 saturated heterocycles. The van der Waals surface area contributed by atoms with Crippen molar-refractivity contribution >= 4 is 17.3 Å². The molecule has 1 amide bonds. The van der Waals surface area contributed by atoms with E-state index < -0.39 is 17.7 Å². The molecule has 0 spiro atoms. The number of alkyl halides is 3. The summed E-state index contributed by atoms with van der Waals surface area (Å²) in [6, 6.07) is 9.88. The Kier molecular flexibility index (Phi) is 7.07. The van der Waals surface area contributed by atoms with Gasteiger partial charge in [-0.3, -0.25) is 9.69 Å². The fourth-order valence-corrected chi connectivity index (χ4v) is 5.48. The van der Waals surface area contributed by atoms with E-state index in [2.05, 4.69) is 20.0 Å². The summed E-state index contributed by atoms with van der Waals surface area (Å²) in [5.41, 5.74) is 1.46. The first-order valence-electron chi connectivity index (χ1n) is 12.3. The number of morpholine rings is 1. The molecule has 3 heterocycles. The van der Waals surface area contributed by atoms with Crippen molar-refractivity contribution in [2.45, 2.75) is 18.6 Å². The van der Waals surface area contributed by atoms with E-state index in [0.717, 1.165) is 30.5 Å². The van der Waals surface area contributed by atoms with Crippen LogP contribution in [0.2, 0.25) is 0 Å². The molecule has 0 aromatic heterocycles. The zero-order valence-electron chi connectivity index (χ0n) is 19.9. The molecule has 2 unspecified atom stereocenters. The van der Waals surface area contributed by atoms with Crippen LogP contribution in [-0.4, -0.2) is 75.9 Å². The van der Waals surface area contributed by atoms with Crippen LogP contribution in [0.15, 0.2) is 42.5 Å². The van der Waals surface area contributed by atoms with Crippen LogP contribution < -0.4 is 15.1 Å². The molecule has 36 heavy (non-hydrogen) atoms. The lowest BCUT2D eigenvalue weighted by atomic mass is 9.82. The molecule has 2 fully saturated rings. The summed E-state index contributed by atoms with van der Waals surface area (Å²) >= 11 is 0. The van der Waals surface area contributed by atoms with Crippen molar-refractivity contribution in [2.24, 2.45) is 5.92 Å². The Morgan fingerprint density at radius 3 is 2.50 bits per heavy atom. The number of rotatable bonds is 5. The Balaban J connectivity index is 1.37. The van der Waals surface area contributed by atoms with Gasteiger partial charge in [-0.2, -0.15) is 13.2 Å². The van der Waals surface area contributed by atoms with Gasteiger partial charge in [0.25, 0.3) is 0 Å². The molecule has 2 aromatic carbocycles. The number of hydrogen-bond acceptors (Lipinski definition) is 5. The lowest BCUT2D eigenvalue weighted by Crippen LogP contribution is -2.61. The lowest BCUT2D eigenvalue weighted by molar-refractivity contribution is -0.137. The number of benzene rings is 2. The second-order valence-corrected chi connectivity index (χ2v) is 9.58. The minimum Gasteiger partial charge on any atom is -0.379 e. The summed E-state index contributed by atoms with van der Waals surface area (Å²) < 4.78 is 59.1. The Hall–Kier alpha value is -2.85. The maximum atomic E-state index is 13.5. The molecule has 0 saturated carbocycles. The quantitative estimate of drug-likeness (QED) is 0.632. The summed E-state index contributed by atoms with van der Waals surface area (Å²) in [7, 11) is 0. The van der Waals surface area contributed by atoms with Crippen molar-refractivity contribution in [1.29, 1.82) is 0 Å². The number of halogens is 4. The molecule has 1 N–H and O–H groups in total. The number of ether oxygens (including phenoxy) is 1. The first-order valence-corrected chi connectivity index (χ1v) is 12.3. The summed E-state index contributed by atoms with van der Waals surface area (Å²) in [4.78, 5) is 19.8. The summed E-state index contributed by atoms with van der Waals surface area (Å²) in [6.07, 6.45) is -4.20. The molecule has 0 radical (unpaired) electrons. The molecule has 5 rings (SSSR count). The summed E-state index contributed by atoms with van der Waals surface area (Å²) in [5, 5.41) is 3.03. The Morgan fingerprint density at radius 2 is 1.78 bits per heavy atom. The van der Waals surface area contributed by atoms with Crippen LogP contribution in [0.25, 0.3) is 0 Å². The molecular formula is C26H30F4N4O2. The average Bonchev–Trinajstić information content (AvgIpc) is 2.88. The van der Waals surface area contributed by atoms with Gasteiger partial charge in [0.15, 0.2) is 0 Å². The van der Waals surface area contributed by atoms with Crippen LogP contribution in [0.3, 0.4) is 0 Å². The lowest BCUT2D eigenvalue weighted by Gasteiger charge is -2.49. The van der Waals surface area contributed by atoms with Crippen molar-refractivity contribution in [3.05, 3.63) is 59.4 Å². The van der Waals surface area contributed by atoms with Crippen LogP contribution in [0.4, 0.5) is 28.9 Å². The van der Waals surface area contributed by atoms with E-state index in [1.54, 1.807) is 12.1 Å². The van der Waals surface area contributed by atoms with E-state index in [9.17, 15) is 22.4 Å². The highest BCUT2D eigenvalue weighted by atomic mass is 19.4. The summed E-state index contributed by atoms with van der Waals surface area (Å²) in [5.74, 6) is -0.974. The SMILES string of the molecule is O=C(NCCN1CCOCC1)C1Cc2cc(C(F)(F)F)ccc2N2CCN(c3ccc(F)cc3)CC12. The third-order valence-electron chi connectivity index (χ3n) is 7.40. The monoisotopic (exact) mass is 506 g/mol. The molecule has 2 aromatic rings. The number of hydrogen-bond donors (Lipinski definition) is 1. The van der Waals surface area contributed by atoms with Gasteiger partial charge in [0.1, 0.15) is 5.82 Å². The molecule has 3 aliphatic heterocycles. The van der Waals surface area contributed by atoms with Gasteiger partial charge in [0, 0.05) is 57.2 Å². The molecule has 10 heteroatoms. The van der Waals surface area contributed by atoms with Crippen molar-refractivity contribution in [1.82, 2.24) is 10.2 Å². The molecule has 3 aliphatic rings. The third kappa shape index (κ3) is 5.29. The van der Waals surface area contributed by atoms with Crippen LogP contribution in [-0.2, 0) is 22.1 Å². The zero-order chi connectivity index (χ0) is 25.3. The number of piperazine rings is 1. The number of nitrogens with one attached hydrogen (secondary N) is 1. The number of carbonyl (C=O) groups excluding carboxylic acids is 1. The van der Waals surface area contributed by atoms with Crippen molar-refractivity contribution in [3.63, 3.8) is 0 Å². The van der Waals surface area contributed by atoms with E-state index in [4.69, 9.17) is 4.74 Å². The number of carbonyl (C=O) groups is 1. The highest BCUT2D eigenvalue weighted by Crippen LogP contribution is 2.40. The number of anilines is 2. The normalized spacial score (nSPS) is 22.7. The molecule has 6 nitrogen and oxygen atoms in total. The molecular weight excluding hydrogens is 476 g/mol. The number of amides is 1. The van der Waals surface area contributed by atoms with E-state index in [-0.39, 0.29) is 24.2 Å². The smallest absolute Gasteiger partial charge is 0.379 e. The molecule has 0 bridgehead atoms. The zero-order valence-corrected chi connectivity index (χ0v) is 19.9. The molecule has 194 valence electrons. The minimum atomic E-state index is -4.44. The first kappa shape index (κ1) is 24.8. The predicted molar refractivity (Wildman–Crippen MR) is 129 cm³/mol. The fourth-order valence-electron chi connectivity index (χ4n) is 5.48. The van der Waals surface area contributed by atoms with Gasteiger partial charge in [0.2, 0.25) is 5.91 Å². The van der Waals surface area contributed by atoms with Gasteiger partial charge in [-0.05, 0) is 54.4 Å². The van der Waals surface area contributed by atoms with Crippen molar-refractivity contribution in [3.8, 4) is 0 Å². The maximum absolute atomic E-state index is 13.5. The third-order valence-corrected chi connectivity index (χ3v) is 7.40. The Bertz CT molecular complexity index is 1070. The Labute approximate surface area is 207 Å². The van der Waals surface area contributed by atoms with E-state index in [1.807, 2.05) is 0 Å². The van der Waals surface area contributed by atoms with Gasteiger partial charge in [-0.1, -0.05) is 0 Å². The standard InChI is InChI=1S/C26H30F4N4O2/c27-20-2-4-21(5-3-20)33-9-10-34-23-6-1-19(26(28,29)30)15-18(23)16-22(24(34)17-33)25(35)31-7-8-32-11-13-36-14-12-32/h1-6,15,22,24H,7-14,16-17H2,(H,31,35). The van der Waals surface area contributed by atoms with Crippen molar-refractivity contribution < 1.29 is 27.1 Å². The Morgan fingerprint density at radius 1 is 1.03 bits per heavy atom. The van der Waals surface area contributed by atoms with Gasteiger partial charge in [0.05, 0.1) is 30.7 Å². The maximum Gasteiger partial charge on any atom is 0.416 e. The van der Waals surface area contributed by atoms with Crippen LogP contribution >= 0.6 is 0 Å². The number of fused-ring (bicyclic) bond motifs is 3. The molecule has 0 aliphatic carbocycles. The van der Waals surface area contributed by atoms with Gasteiger partial charge >= 0.3 is 6.18 Å².